The van der Waals surface area contributed by atoms with Crippen molar-refractivity contribution in [3.8, 4) is 0 Å². The summed E-state index contributed by atoms with van der Waals surface area (Å²) in [4.78, 5) is 10.6. The van der Waals surface area contributed by atoms with Gasteiger partial charge in [0.1, 0.15) is 0 Å². The van der Waals surface area contributed by atoms with E-state index in [1.165, 1.54) is 0 Å². The first-order chi connectivity index (χ1) is 7.71. The molecule has 0 heterocycles. The second-order valence-electron chi connectivity index (χ2n) is 5.07. The van der Waals surface area contributed by atoms with Gasteiger partial charge in [-0.2, -0.15) is 0 Å². The van der Waals surface area contributed by atoms with Crippen LogP contribution in [0.15, 0.2) is 18.2 Å². The molecule has 0 aromatic heterocycles. The van der Waals surface area contributed by atoms with E-state index in [2.05, 4.69) is 22.6 Å². The van der Waals surface area contributed by atoms with E-state index in [9.17, 15) is 10.1 Å². The van der Waals surface area contributed by atoms with E-state index >= 15 is 0 Å². The van der Waals surface area contributed by atoms with Crippen LogP contribution >= 0.6 is 34.2 Å². The highest BCUT2D eigenvalue weighted by molar-refractivity contribution is 14.1. The highest BCUT2D eigenvalue weighted by atomic mass is 127. The average Bonchev–Trinajstić information content (AvgIpc) is 2.18. The number of alkyl halides is 1. The zero-order chi connectivity index (χ0) is 13.2. The van der Waals surface area contributed by atoms with Gasteiger partial charge in [0.2, 0.25) is 0 Å². The lowest BCUT2D eigenvalue weighted by Gasteiger charge is -2.25. The fourth-order valence-corrected chi connectivity index (χ4v) is 2.02. The van der Waals surface area contributed by atoms with E-state index in [-0.39, 0.29) is 21.4 Å². The molecule has 0 aliphatic heterocycles. The van der Waals surface area contributed by atoms with Crippen molar-refractivity contribution in [3.05, 3.63) is 37.4 Å². The van der Waals surface area contributed by atoms with E-state index < -0.39 is 0 Å². The Morgan fingerprint density at radius 3 is 2.53 bits per heavy atom. The standard InChI is InChI=1S/C12H15ClINO2/c1-12(2,3)11(13)6-8-4-5-9(14)7-10(8)15(16)17/h4-5,7,11H,6H2,1-3H3. The van der Waals surface area contributed by atoms with Gasteiger partial charge in [-0.3, -0.25) is 10.1 Å². The molecule has 94 valence electrons. The van der Waals surface area contributed by atoms with Crippen LogP contribution in [-0.4, -0.2) is 10.3 Å². The van der Waals surface area contributed by atoms with Crippen LogP contribution < -0.4 is 0 Å². The molecular formula is C12H15ClINO2. The number of benzene rings is 1. The SMILES string of the molecule is CC(C)(C)C(Cl)Cc1ccc(I)cc1[N+](=O)[O-]. The van der Waals surface area contributed by atoms with Crippen LogP contribution in [0.5, 0.6) is 0 Å². The predicted molar refractivity (Wildman–Crippen MR) is 78.6 cm³/mol. The first-order valence-electron chi connectivity index (χ1n) is 5.28. The van der Waals surface area contributed by atoms with Crippen molar-refractivity contribution in [2.75, 3.05) is 0 Å². The fourth-order valence-electron chi connectivity index (χ4n) is 1.38. The summed E-state index contributed by atoms with van der Waals surface area (Å²) < 4.78 is 0.861. The maximum absolute atomic E-state index is 11.0. The molecule has 0 bridgehead atoms. The molecule has 0 N–H and O–H groups in total. The molecule has 1 aromatic rings. The van der Waals surface area contributed by atoms with Crippen molar-refractivity contribution >= 4 is 39.9 Å². The van der Waals surface area contributed by atoms with E-state index in [0.29, 0.717) is 12.0 Å². The fraction of sp³-hybridized carbons (Fsp3) is 0.500. The number of halogens is 2. The van der Waals surface area contributed by atoms with Gasteiger partial charge in [0.15, 0.2) is 0 Å². The molecule has 0 radical (unpaired) electrons. The van der Waals surface area contributed by atoms with Crippen LogP contribution in [-0.2, 0) is 6.42 Å². The normalized spacial score (nSPS) is 13.5. The van der Waals surface area contributed by atoms with Gasteiger partial charge in [-0.25, -0.2) is 0 Å². The molecule has 0 saturated heterocycles. The Morgan fingerprint density at radius 2 is 2.06 bits per heavy atom. The number of nitro groups is 1. The summed E-state index contributed by atoms with van der Waals surface area (Å²) in [5.41, 5.74) is 0.787. The molecule has 1 aromatic carbocycles. The third kappa shape index (κ3) is 4.10. The second kappa shape index (κ2) is 5.52. The minimum atomic E-state index is -0.343. The van der Waals surface area contributed by atoms with E-state index in [4.69, 9.17) is 11.6 Å². The van der Waals surface area contributed by atoms with E-state index in [0.717, 1.165) is 3.57 Å². The zero-order valence-corrected chi connectivity index (χ0v) is 12.9. The van der Waals surface area contributed by atoms with Crippen molar-refractivity contribution < 1.29 is 4.92 Å². The topological polar surface area (TPSA) is 43.1 Å². The highest BCUT2D eigenvalue weighted by Crippen LogP contribution is 2.31. The summed E-state index contributed by atoms with van der Waals surface area (Å²) in [6.07, 6.45) is 0.512. The lowest BCUT2D eigenvalue weighted by atomic mass is 9.87. The van der Waals surface area contributed by atoms with Crippen LogP contribution in [0.2, 0.25) is 0 Å². The number of hydrogen-bond acceptors (Lipinski definition) is 2. The Kier molecular flexibility index (Phi) is 4.77. The first kappa shape index (κ1) is 14.7. The van der Waals surface area contributed by atoms with Gasteiger partial charge in [-0.1, -0.05) is 26.8 Å². The lowest BCUT2D eigenvalue weighted by molar-refractivity contribution is -0.385. The van der Waals surface area contributed by atoms with Gasteiger partial charge in [0, 0.05) is 20.6 Å². The van der Waals surface area contributed by atoms with Crippen molar-refractivity contribution in [1.29, 1.82) is 0 Å². The Bertz CT molecular complexity index is 429. The van der Waals surface area contributed by atoms with Crippen molar-refractivity contribution in [3.63, 3.8) is 0 Å². The molecule has 1 atom stereocenters. The van der Waals surface area contributed by atoms with Crippen LogP contribution in [0.1, 0.15) is 26.3 Å². The monoisotopic (exact) mass is 367 g/mol. The third-order valence-electron chi connectivity index (χ3n) is 2.58. The van der Waals surface area contributed by atoms with Gasteiger partial charge in [-0.15, -0.1) is 11.6 Å². The van der Waals surface area contributed by atoms with Gasteiger partial charge < -0.3 is 0 Å². The number of hydrogen-bond donors (Lipinski definition) is 0. The van der Waals surface area contributed by atoms with E-state index in [1.807, 2.05) is 26.8 Å². The molecule has 0 amide bonds. The summed E-state index contributed by atoms with van der Waals surface area (Å²) >= 11 is 8.35. The molecule has 0 saturated carbocycles. The van der Waals surface area contributed by atoms with Gasteiger partial charge in [0.25, 0.3) is 5.69 Å². The smallest absolute Gasteiger partial charge is 0.258 e. The predicted octanol–water partition coefficient (Wildman–Crippen LogP) is 4.40. The second-order valence-corrected chi connectivity index (χ2v) is 6.84. The molecular weight excluding hydrogens is 352 g/mol. The summed E-state index contributed by atoms with van der Waals surface area (Å²) in [7, 11) is 0. The molecule has 17 heavy (non-hydrogen) atoms. The lowest BCUT2D eigenvalue weighted by Crippen LogP contribution is -2.23. The Hall–Kier alpha value is -0.360. The van der Waals surface area contributed by atoms with Gasteiger partial charge >= 0.3 is 0 Å². The Morgan fingerprint density at radius 1 is 1.47 bits per heavy atom. The zero-order valence-electron chi connectivity index (χ0n) is 10.0. The molecule has 1 unspecified atom stereocenters. The van der Waals surface area contributed by atoms with E-state index in [1.54, 1.807) is 12.1 Å². The highest BCUT2D eigenvalue weighted by Gasteiger charge is 2.25. The van der Waals surface area contributed by atoms with Crippen molar-refractivity contribution in [1.82, 2.24) is 0 Å². The quantitative estimate of drug-likeness (QED) is 0.344. The molecule has 0 spiro atoms. The summed E-state index contributed by atoms with van der Waals surface area (Å²) in [6, 6.07) is 5.25. The van der Waals surface area contributed by atoms with Crippen molar-refractivity contribution in [2.24, 2.45) is 5.41 Å². The maximum Gasteiger partial charge on any atom is 0.273 e. The van der Waals surface area contributed by atoms with Crippen LogP contribution in [0, 0.1) is 19.1 Å². The average molecular weight is 368 g/mol. The number of nitrogens with zero attached hydrogens (tertiary/aromatic N) is 1. The summed E-state index contributed by atoms with van der Waals surface area (Å²) in [6.45, 7) is 6.09. The van der Waals surface area contributed by atoms with Crippen molar-refractivity contribution in [2.45, 2.75) is 32.6 Å². The first-order valence-corrected chi connectivity index (χ1v) is 6.80. The molecule has 5 heteroatoms. The number of rotatable bonds is 3. The Balaban J connectivity index is 3.03. The maximum atomic E-state index is 11.0. The van der Waals surface area contributed by atoms with Crippen LogP contribution in [0.25, 0.3) is 0 Å². The largest absolute Gasteiger partial charge is 0.273 e. The molecule has 0 fully saturated rings. The summed E-state index contributed by atoms with van der Waals surface area (Å²) in [5, 5.41) is 10.8. The molecule has 0 aliphatic rings. The van der Waals surface area contributed by atoms with Crippen LogP contribution in [0.4, 0.5) is 5.69 Å². The third-order valence-corrected chi connectivity index (χ3v) is 4.06. The van der Waals surface area contributed by atoms with Crippen LogP contribution in [0.3, 0.4) is 0 Å². The minimum Gasteiger partial charge on any atom is -0.258 e. The molecule has 3 nitrogen and oxygen atoms in total. The van der Waals surface area contributed by atoms with Gasteiger partial charge in [0.05, 0.1) is 4.92 Å². The summed E-state index contributed by atoms with van der Waals surface area (Å²) in [5.74, 6) is 0. The Labute approximate surface area is 120 Å². The number of nitro benzene ring substituents is 1. The molecule has 1 rings (SSSR count). The van der Waals surface area contributed by atoms with Gasteiger partial charge in [-0.05, 0) is 40.5 Å². The minimum absolute atomic E-state index is 0.0710. The molecule has 0 aliphatic carbocycles.